The van der Waals surface area contributed by atoms with E-state index in [1.54, 1.807) is 23.1 Å². The molecule has 0 spiro atoms. The SMILES string of the molecule is C=C(C(Sc1cccs1)=C(C)C)P(=O)(c1ccccc1)c1ccccc1. The lowest BCUT2D eigenvalue weighted by Crippen LogP contribution is -2.17. The van der Waals surface area contributed by atoms with Crippen molar-refractivity contribution in [1.29, 1.82) is 0 Å². The van der Waals surface area contributed by atoms with Gasteiger partial charge in [-0.1, -0.05) is 90.6 Å². The van der Waals surface area contributed by atoms with Gasteiger partial charge in [-0.2, -0.15) is 0 Å². The third kappa shape index (κ3) is 3.81. The Balaban J connectivity index is 2.14. The largest absolute Gasteiger partial charge is 0.309 e. The molecule has 0 aliphatic heterocycles. The Kier molecular flexibility index (Phi) is 6.03. The second kappa shape index (κ2) is 8.26. The van der Waals surface area contributed by atoms with Crippen molar-refractivity contribution in [2.45, 2.75) is 18.1 Å². The van der Waals surface area contributed by atoms with Crippen LogP contribution in [0, 0.1) is 0 Å². The Bertz CT molecular complexity index is 910. The molecule has 3 aromatic rings. The zero-order chi connectivity index (χ0) is 18.6. The quantitative estimate of drug-likeness (QED) is 0.263. The van der Waals surface area contributed by atoms with Crippen molar-refractivity contribution in [3.8, 4) is 0 Å². The molecular formula is C22H21OPS2. The molecule has 0 atom stereocenters. The molecule has 0 saturated carbocycles. The summed E-state index contributed by atoms with van der Waals surface area (Å²) >= 11 is 3.34. The van der Waals surface area contributed by atoms with E-state index >= 15 is 0 Å². The first kappa shape index (κ1) is 19.0. The molecule has 0 N–H and O–H groups in total. The van der Waals surface area contributed by atoms with Gasteiger partial charge in [-0.15, -0.1) is 11.3 Å². The molecule has 4 heteroatoms. The minimum atomic E-state index is -3.01. The van der Waals surface area contributed by atoms with Crippen LogP contribution in [0.2, 0.25) is 0 Å². The predicted octanol–water partition coefficient (Wildman–Crippen LogP) is 6.66. The molecule has 132 valence electrons. The van der Waals surface area contributed by atoms with Crippen molar-refractivity contribution in [1.82, 2.24) is 0 Å². The monoisotopic (exact) mass is 396 g/mol. The number of thiophene rings is 1. The van der Waals surface area contributed by atoms with E-state index in [9.17, 15) is 4.57 Å². The van der Waals surface area contributed by atoms with E-state index in [4.69, 9.17) is 0 Å². The van der Waals surface area contributed by atoms with Crippen LogP contribution in [0.15, 0.2) is 105 Å². The van der Waals surface area contributed by atoms with E-state index in [0.29, 0.717) is 5.31 Å². The molecule has 0 bridgehead atoms. The average Bonchev–Trinajstić information content (AvgIpc) is 3.19. The normalized spacial score (nSPS) is 11.2. The first-order chi connectivity index (χ1) is 12.5. The van der Waals surface area contributed by atoms with Crippen molar-refractivity contribution in [2.24, 2.45) is 0 Å². The molecule has 0 aliphatic carbocycles. The number of hydrogen-bond acceptors (Lipinski definition) is 3. The summed E-state index contributed by atoms with van der Waals surface area (Å²) in [7, 11) is -3.01. The molecule has 1 nitrogen and oxygen atoms in total. The Morgan fingerprint density at radius 1 is 0.885 bits per heavy atom. The first-order valence-electron chi connectivity index (χ1n) is 8.33. The van der Waals surface area contributed by atoms with Crippen LogP contribution in [0.3, 0.4) is 0 Å². The van der Waals surface area contributed by atoms with Crippen molar-refractivity contribution in [3.63, 3.8) is 0 Å². The molecule has 0 unspecified atom stereocenters. The molecule has 0 fully saturated rings. The van der Waals surface area contributed by atoms with Crippen molar-refractivity contribution >= 4 is 40.8 Å². The minimum absolute atomic E-state index is 0.702. The topological polar surface area (TPSA) is 17.1 Å². The highest BCUT2D eigenvalue weighted by Gasteiger charge is 2.33. The third-order valence-corrected chi connectivity index (χ3v) is 9.62. The molecule has 1 aromatic heterocycles. The fourth-order valence-electron chi connectivity index (χ4n) is 2.75. The maximum Gasteiger partial charge on any atom is 0.171 e. The highest BCUT2D eigenvalue weighted by Crippen LogP contribution is 2.57. The van der Waals surface area contributed by atoms with Gasteiger partial charge in [0.1, 0.15) is 0 Å². The number of rotatable bonds is 6. The van der Waals surface area contributed by atoms with E-state index in [1.807, 2.05) is 66.7 Å². The van der Waals surface area contributed by atoms with Crippen molar-refractivity contribution in [3.05, 3.63) is 101 Å². The fourth-order valence-corrected chi connectivity index (χ4v) is 7.62. The van der Waals surface area contributed by atoms with Crippen molar-refractivity contribution in [2.75, 3.05) is 0 Å². The standard InChI is InChI=1S/C22H21OPS2/c1-17(2)22(26-21-15-10-16-25-21)18(3)24(23,19-11-6-4-7-12-19)20-13-8-5-9-14-20/h4-16H,3H2,1-2H3. The summed E-state index contributed by atoms with van der Waals surface area (Å²) in [5.41, 5.74) is 1.13. The summed E-state index contributed by atoms with van der Waals surface area (Å²) in [6.45, 7) is 8.46. The van der Waals surface area contributed by atoms with Gasteiger partial charge in [-0.05, 0) is 25.3 Å². The maximum absolute atomic E-state index is 14.4. The summed E-state index contributed by atoms with van der Waals surface area (Å²) in [5, 5.41) is 4.40. The smallest absolute Gasteiger partial charge is 0.171 e. The third-order valence-electron chi connectivity index (χ3n) is 4.03. The van der Waals surface area contributed by atoms with E-state index in [-0.39, 0.29) is 0 Å². The zero-order valence-electron chi connectivity index (χ0n) is 14.9. The van der Waals surface area contributed by atoms with Crippen LogP contribution in [0.25, 0.3) is 0 Å². The van der Waals surface area contributed by atoms with Gasteiger partial charge in [0.25, 0.3) is 0 Å². The van der Waals surface area contributed by atoms with Gasteiger partial charge in [0, 0.05) is 20.8 Å². The molecule has 2 aromatic carbocycles. The molecular weight excluding hydrogens is 375 g/mol. The van der Waals surface area contributed by atoms with Crippen molar-refractivity contribution < 1.29 is 4.57 Å². The number of allylic oxidation sites excluding steroid dienone is 2. The Morgan fingerprint density at radius 2 is 1.42 bits per heavy atom. The van der Waals surface area contributed by atoms with Crippen LogP contribution in [0.5, 0.6) is 0 Å². The molecule has 0 amide bonds. The van der Waals surface area contributed by atoms with Gasteiger partial charge in [-0.25, -0.2) is 0 Å². The lowest BCUT2D eigenvalue weighted by molar-refractivity contribution is 0.591. The summed E-state index contributed by atoms with van der Waals surface area (Å²) < 4.78 is 15.6. The van der Waals surface area contributed by atoms with Crippen LogP contribution < -0.4 is 10.6 Å². The van der Waals surface area contributed by atoms with Crippen LogP contribution in [0.1, 0.15) is 13.8 Å². The van der Waals surface area contributed by atoms with E-state index in [1.165, 1.54) is 4.21 Å². The molecule has 0 radical (unpaired) electrons. The zero-order valence-corrected chi connectivity index (χ0v) is 17.4. The van der Waals surface area contributed by atoms with E-state index in [2.05, 4.69) is 31.9 Å². The maximum atomic E-state index is 14.4. The summed E-state index contributed by atoms with van der Waals surface area (Å²) in [4.78, 5) is 1.00. The van der Waals surface area contributed by atoms with Crippen LogP contribution in [0.4, 0.5) is 0 Å². The Hall–Kier alpha value is -1.80. The lowest BCUT2D eigenvalue weighted by atomic mass is 10.3. The Labute approximate surface area is 163 Å². The molecule has 3 rings (SSSR count). The van der Waals surface area contributed by atoms with Crippen LogP contribution in [-0.2, 0) is 4.57 Å². The highest BCUT2D eigenvalue weighted by molar-refractivity contribution is 8.06. The molecule has 0 saturated heterocycles. The molecule has 1 heterocycles. The Morgan fingerprint density at radius 3 is 1.85 bits per heavy atom. The second-order valence-corrected chi connectivity index (χ2v) is 11.1. The first-order valence-corrected chi connectivity index (χ1v) is 11.7. The van der Waals surface area contributed by atoms with Gasteiger partial charge in [0.2, 0.25) is 0 Å². The molecule has 0 aliphatic rings. The van der Waals surface area contributed by atoms with Gasteiger partial charge >= 0.3 is 0 Å². The second-order valence-electron chi connectivity index (χ2n) is 6.09. The van der Waals surface area contributed by atoms with E-state index in [0.717, 1.165) is 21.1 Å². The average molecular weight is 397 g/mol. The van der Waals surface area contributed by atoms with E-state index < -0.39 is 7.14 Å². The highest BCUT2D eigenvalue weighted by atomic mass is 32.2. The van der Waals surface area contributed by atoms with Gasteiger partial charge in [-0.3, -0.25) is 0 Å². The lowest BCUT2D eigenvalue weighted by Gasteiger charge is -2.24. The summed E-state index contributed by atoms with van der Waals surface area (Å²) in [5.74, 6) is 0. The van der Waals surface area contributed by atoms with Gasteiger partial charge in [0.15, 0.2) is 7.14 Å². The summed E-state index contributed by atoms with van der Waals surface area (Å²) in [6.07, 6.45) is 0. The number of thioether (sulfide) groups is 1. The van der Waals surface area contributed by atoms with Crippen LogP contribution in [-0.4, -0.2) is 0 Å². The number of benzene rings is 2. The van der Waals surface area contributed by atoms with Crippen LogP contribution >= 0.6 is 30.2 Å². The predicted molar refractivity (Wildman–Crippen MR) is 117 cm³/mol. The summed E-state index contributed by atoms with van der Waals surface area (Å²) in [6, 6.07) is 23.5. The van der Waals surface area contributed by atoms with Gasteiger partial charge in [0.05, 0.1) is 4.21 Å². The number of hydrogen-bond donors (Lipinski definition) is 0. The fraction of sp³-hybridized carbons (Fsp3) is 0.0909. The van der Waals surface area contributed by atoms with Gasteiger partial charge < -0.3 is 4.57 Å². The molecule has 26 heavy (non-hydrogen) atoms. The minimum Gasteiger partial charge on any atom is -0.309 e.